The molecule has 8 aromatic rings. The van der Waals surface area contributed by atoms with E-state index in [9.17, 15) is 0 Å². The van der Waals surface area contributed by atoms with Crippen LogP contribution in [0.2, 0.25) is 0 Å². The highest BCUT2D eigenvalue weighted by Gasteiger charge is 2.30. The van der Waals surface area contributed by atoms with Gasteiger partial charge in [-0.25, -0.2) is 9.98 Å². The second-order valence-electron chi connectivity index (χ2n) is 12.0. The maximum atomic E-state index is 5.41. The van der Waals surface area contributed by atoms with Crippen molar-refractivity contribution in [3.05, 3.63) is 157 Å². The van der Waals surface area contributed by atoms with E-state index in [4.69, 9.17) is 9.98 Å². The smallest absolute Gasteiger partial charge is 0.230 e. The third kappa shape index (κ3) is 4.14. The highest BCUT2D eigenvalue weighted by Crippen LogP contribution is 2.38. The Morgan fingerprint density at radius 3 is 2.02 bits per heavy atom. The molecule has 1 N–H and O–H groups in total. The van der Waals surface area contributed by atoms with E-state index in [0.29, 0.717) is 0 Å². The van der Waals surface area contributed by atoms with Crippen LogP contribution in [-0.2, 0) is 0 Å². The largest absolute Gasteiger partial charge is 0.355 e. The summed E-state index contributed by atoms with van der Waals surface area (Å²) in [5.41, 5.74) is 10.2. The van der Waals surface area contributed by atoms with Crippen molar-refractivity contribution in [1.82, 2.24) is 9.55 Å². The first-order valence-corrected chi connectivity index (χ1v) is 15.5. The van der Waals surface area contributed by atoms with Crippen molar-refractivity contribution in [1.29, 1.82) is 0 Å². The van der Waals surface area contributed by atoms with Crippen LogP contribution in [0, 0.1) is 5.92 Å². The maximum Gasteiger partial charge on any atom is 0.230 e. The lowest BCUT2D eigenvalue weighted by molar-refractivity contribution is 0.588. The molecule has 9 rings (SSSR count). The lowest BCUT2D eigenvalue weighted by Crippen LogP contribution is -2.28. The predicted octanol–water partition coefficient (Wildman–Crippen LogP) is 10.2. The molecule has 0 saturated carbocycles. The topological polar surface area (TPSA) is 45.4 Å². The minimum Gasteiger partial charge on any atom is -0.355 e. The van der Waals surface area contributed by atoms with Crippen LogP contribution in [0.5, 0.6) is 0 Å². The van der Waals surface area contributed by atoms with E-state index in [0.717, 1.165) is 44.9 Å². The van der Waals surface area contributed by atoms with Crippen molar-refractivity contribution >= 4 is 55.3 Å². The third-order valence-corrected chi connectivity index (χ3v) is 9.30. The summed E-state index contributed by atoms with van der Waals surface area (Å²) in [7, 11) is 0. The van der Waals surface area contributed by atoms with Crippen molar-refractivity contribution in [3.63, 3.8) is 0 Å². The predicted molar refractivity (Wildman–Crippen MR) is 188 cm³/mol. The Labute approximate surface area is 261 Å². The zero-order chi connectivity index (χ0) is 29.9. The van der Waals surface area contributed by atoms with E-state index in [1.165, 1.54) is 32.7 Å². The molecular formula is C41H30N4. The van der Waals surface area contributed by atoms with Crippen molar-refractivity contribution in [2.45, 2.75) is 13.0 Å². The Kier molecular flexibility index (Phi) is 5.82. The number of aromatic nitrogens is 2. The van der Waals surface area contributed by atoms with Crippen molar-refractivity contribution in [2.75, 3.05) is 0 Å². The number of H-pyrrole nitrogens is 1. The zero-order valence-electron chi connectivity index (χ0n) is 24.9. The summed E-state index contributed by atoms with van der Waals surface area (Å²) in [4.78, 5) is 14.3. The Hall–Kier alpha value is -5.74. The number of aliphatic imine (C=N–C) groups is 2. The molecule has 2 aromatic heterocycles. The van der Waals surface area contributed by atoms with Gasteiger partial charge in [0, 0.05) is 38.5 Å². The molecule has 1 aliphatic rings. The van der Waals surface area contributed by atoms with Crippen LogP contribution in [0.1, 0.15) is 24.1 Å². The number of para-hydroxylation sites is 2. The van der Waals surface area contributed by atoms with Gasteiger partial charge >= 0.3 is 0 Å². The molecule has 0 radical (unpaired) electrons. The van der Waals surface area contributed by atoms with Crippen molar-refractivity contribution in [3.8, 4) is 11.1 Å². The van der Waals surface area contributed by atoms with Crippen LogP contribution in [-0.4, -0.2) is 21.2 Å². The number of nitrogens with zero attached hydrogens (tertiary/aromatic N) is 3. The fourth-order valence-electron chi connectivity index (χ4n) is 7.07. The molecule has 2 unspecified atom stereocenters. The fourth-order valence-corrected chi connectivity index (χ4v) is 7.07. The van der Waals surface area contributed by atoms with Gasteiger partial charge in [-0.05, 0) is 52.6 Å². The lowest BCUT2D eigenvalue weighted by Gasteiger charge is -2.28. The number of benzene rings is 6. The van der Waals surface area contributed by atoms with Crippen LogP contribution < -0.4 is 0 Å². The van der Waals surface area contributed by atoms with E-state index in [-0.39, 0.29) is 12.0 Å². The second-order valence-corrected chi connectivity index (χ2v) is 12.0. The summed E-state index contributed by atoms with van der Waals surface area (Å²) in [6.45, 7) is 2.24. The molecule has 0 amide bonds. The van der Waals surface area contributed by atoms with Gasteiger partial charge in [0.05, 0.1) is 22.8 Å². The Balaban J connectivity index is 1.28. The Morgan fingerprint density at radius 1 is 0.533 bits per heavy atom. The van der Waals surface area contributed by atoms with E-state index in [1.54, 1.807) is 0 Å². The van der Waals surface area contributed by atoms with Gasteiger partial charge in [0.15, 0.2) is 0 Å². The van der Waals surface area contributed by atoms with Crippen molar-refractivity contribution in [2.24, 2.45) is 15.9 Å². The average molecular weight is 579 g/mol. The van der Waals surface area contributed by atoms with Crippen LogP contribution in [0.25, 0.3) is 54.7 Å². The minimum atomic E-state index is -0.0578. The highest BCUT2D eigenvalue weighted by atomic mass is 15.2. The molecule has 214 valence electrons. The molecule has 0 aliphatic carbocycles. The molecular weight excluding hydrogens is 548 g/mol. The summed E-state index contributed by atoms with van der Waals surface area (Å²) in [5.74, 6) is 0.835. The SMILES string of the molecule is CC1C(c2ccccc2)=NC(n2c3ccccc3c3ccc(-c4ccc5[nH]c6ccccc6c5c4)cc32)=NC1c1ccccc1. The monoisotopic (exact) mass is 578 g/mol. The minimum absolute atomic E-state index is 0.0578. The molecule has 0 fully saturated rings. The lowest BCUT2D eigenvalue weighted by atomic mass is 9.87. The van der Waals surface area contributed by atoms with Crippen LogP contribution in [0.3, 0.4) is 0 Å². The van der Waals surface area contributed by atoms with E-state index < -0.39 is 0 Å². The van der Waals surface area contributed by atoms with Crippen LogP contribution >= 0.6 is 0 Å². The molecule has 0 saturated heterocycles. The van der Waals surface area contributed by atoms with E-state index >= 15 is 0 Å². The van der Waals surface area contributed by atoms with Gasteiger partial charge < -0.3 is 4.98 Å². The number of hydrogen-bond acceptors (Lipinski definition) is 2. The molecule has 1 aliphatic heterocycles. The molecule has 0 bridgehead atoms. The van der Waals surface area contributed by atoms with Crippen LogP contribution in [0.4, 0.5) is 0 Å². The van der Waals surface area contributed by atoms with Crippen LogP contribution in [0.15, 0.2) is 156 Å². The maximum absolute atomic E-state index is 5.41. The summed E-state index contributed by atoms with van der Waals surface area (Å²) in [6, 6.07) is 51.7. The Morgan fingerprint density at radius 2 is 1.18 bits per heavy atom. The molecule has 6 aromatic carbocycles. The van der Waals surface area contributed by atoms with Gasteiger partial charge in [-0.1, -0.05) is 122 Å². The molecule has 2 atom stereocenters. The standard InChI is InChI=1S/C41H30N4/c1-26-39(27-12-4-2-5-13-27)43-41(44-40(26)28-14-6-3-7-15-28)45-37-19-11-9-17-32(37)33-22-20-30(25-38(33)45)29-21-23-36-34(24-29)31-16-8-10-18-35(31)42-36/h2-26,39,42H,1H3. The Bertz CT molecular complexity index is 2440. The van der Waals surface area contributed by atoms with Gasteiger partial charge in [-0.15, -0.1) is 0 Å². The summed E-state index contributed by atoms with van der Waals surface area (Å²) in [6.07, 6.45) is 0. The zero-order valence-corrected chi connectivity index (χ0v) is 24.9. The molecule has 4 heteroatoms. The average Bonchev–Trinajstić information content (AvgIpc) is 3.64. The van der Waals surface area contributed by atoms with Crippen molar-refractivity contribution < 1.29 is 0 Å². The molecule has 4 nitrogen and oxygen atoms in total. The summed E-state index contributed by atoms with van der Waals surface area (Å²) < 4.78 is 2.27. The van der Waals surface area contributed by atoms with E-state index in [2.05, 4.69) is 162 Å². The number of hydrogen-bond donors (Lipinski definition) is 1. The molecule has 0 spiro atoms. The quantitative estimate of drug-likeness (QED) is 0.217. The normalized spacial score (nSPS) is 16.8. The van der Waals surface area contributed by atoms with Gasteiger partial charge in [0.2, 0.25) is 5.96 Å². The number of aromatic amines is 1. The summed E-state index contributed by atoms with van der Waals surface area (Å²) in [5, 5.41) is 4.86. The highest BCUT2D eigenvalue weighted by molar-refractivity contribution is 6.18. The van der Waals surface area contributed by atoms with Gasteiger partial charge in [0.25, 0.3) is 0 Å². The number of fused-ring (bicyclic) bond motifs is 6. The fraction of sp³-hybridized carbons (Fsp3) is 0.0732. The molecule has 3 heterocycles. The first-order chi connectivity index (χ1) is 22.2. The van der Waals surface area contributed by atoms with E-state index in [1.807, 2.05) is 0 Å². The number of rotatable bonds is 3. The summed E-state index contributed by atoms with van der Waals surface area (Å²) >= 11 is 0. The first-order valence-electron chi connectivity index (χ1n) is 15.5. The van der Waals surface area contributed by atoms with Gasteiger partial charge in [-0.3, -0.25) is 4.57 Å². The van der Waals surface area contributed by atoms with Gasteiger partial charge in [-0.2, -0.15) is 0 Å². The number of nitrogens with one attached hydrogen (secondary N) is 1. The first kappa shape index (κ1) is 25.7. The molecule has 45 heavy (non-hydrogen) atoms. The van der Waals surface area contributed by atoms with Gasteiger partial charge in [0.1, 0.15) is 0 Å². The second kappa shape index (κ2) is 10.2. The third-order valence-electron chi connectivity index (χ3n) is 9.30.